The minimum atomic E-state index is 0.130. The molecule has 2 fully saturated rings. The molecule has 24 heavy (non-hydrogen) atoms. The maximum atomic E-state index is 12.4. The molecule has 3 rings (SSSR count). The van der Waals surface area contributed by atoms with Gasteiger partial charge in [0.1, 0.15) is 0 Å². The van der Waals surface area contributed by atoms with E-state index >= 15 is 0 Å². The fraction of sp³-hybridized carbons (Fsp3) is 0.579. The number of hydrogen-bond donors (Lipinski definition) is 0. The van der Waals surface area contributed by atoms with Crippen LogP contribution < -0.4 is 0 Å². The second kappa shape index (κ2) is 8.17. The number of benzene rings is 1. The quantitative estimate of drug-likeness (QED) is 0.792. The molecular formula is C19H25NO3S. The van der Waals surface area contributed by atoms with Gasteiger partial charge in [0.25, 0.3) is 0 Å². The summed E-state index contributed by atoms with van der Waals surface area (Å²) in [5.74, 6) is 1.27. The van der Waals surface area contributed by atoms with E-state index < -0.39 is 0 Å². The van der Waals surface area contributed by atoms with Gasteiger partial charge in [0.05, 0.1) is 18.8 Å². The molecule has 1 aliphatic carbocycles. The molecule has 0 aromatic heterocycles. The lowest BCUT2D eigenvalue weighted by molar-refractivity contribution is -0.132. The molecule has 1 saturated carbocycles. The monoisotopic (exact) mass is 347 g/mol. The zero-order valence-corrected chi connectivity index (χ0v) is 15.0. The summed E-state index contributed by atoms with van der Waals surface area (Å²) in [6, 6.07) is 10.4. The highest BCUT2D eigenvalue weighted by Crippen LogP contribution is 2.33. The van der Waals surface area contributed by atoms with Crippen LogP contribution in [0.5, 0.6) is 0 Å². The van der Waals surface area contributed by atoms with Gasteiger partial charge < -0.3 is 9.64 Å². The molecule has 0 bridgehead atoms. The van der Waals surface area contributed by atoms with Gasteiger partial charge in [-0.2, -0.15) is 0 Å². The van der Waals surface area contributed by atoms with Crippen molar-refractivity contribution in [2.24, 2.45) is 5.92 Å². The Morgan fingerprint density at radius 2 is 2.08 bits per heavy atom. The van der Waals surface area contributed by atoms with Crippen LogP contribution in [0, 0.1) is 5.92 Å². The zero-order chi connectivity index (χ0) is 16.9. The highest BCUT2D eigenvalue weighted by atomic mass is 32.2. The lowest BCUT2D eigenvalue weighted by Crippen LogP contribution is -2.42. The second-order valence-corrected chi connectivity index (χ2v) is 7.95. The van der Waals surface area contributed by atoms with Gasteiger partial charge in [-0.05, 0) is 30.7 Å². The number of rotatable bonds is 6. The van der Waals surface area contributed by atoms with Crippen molar-refractivity contribution in [2.75, 3.05) is 12.3 Å². The van der Waals surface area contributed by atoms with E-state index in [2.05, 4.69) is 12.1 Å². The molecule has 1 saturated heterocycles. The topological polar surface area (TPSA) is 46.6 Å². The van der Waals surface area contributed by atoms with E-state index in [4.69, 9.17) is 4.74 Å². The minimum Gasteiger partial charge on any atom is -0.371 e. The van der Waals surface area contributed by atoms with Crippen LogP contribution in [0.15, 0.2) is 30.3 Å². The maximum Gasteiger partial charge on any atom is 0.223 e. The maximum absolute atomic E-state index is 12.4. The highest BCUT2D eigenvalue weighted by Gasteiger charge is 2.40. The van der Waals surface area contributed by atoms with Gasteiger partial charge in [0.15, 0.2) is 5.12 Å². The first-order chi connectivity index (χ1) is 11.6. The lowest BCUT2D eigenvalue weighted by atomic mass is 10.1. The van der Waals surface area contributed by atoms with Crippen LogP contribution in [-0.4, -0.2) is 40.4 Å². The third-order valence-corrected chi connectivity index (χ3v) is 5.93. The summed E-state index contributed by atoms with van der Waals surface area (Å²) in [4.78, 5) is 25.6. The Morgan fingerprint density at radius 3 is 2.83 bits per heavy atom. The van der Waals surface area contributed by atoms with Crippen molar-refractivity contribution in [3.63, 3.8) is 0 Å². The molecule has 2 aliphatic rings. The molecule has 0 radical (unpaired) electrons. The van der Waals surface area contributed by atoms with Crippen LogP contribution in [0.4, 0.5) is 0 Å². The summed E-state index contributed by atoms with van der Waals surface area (Å²) in [7, 11) is 0. The number of hydrogen-bond acceptors (Lipinski definition) is 4. The third-order valence-electron chi connectivity index (χ3n) is 4.89. The number of likely N-dealkylation sites (tertiary alicyclic amines) is 1. The molecule has 1 amide bonds. The average molecular weight is 347 g/mol. The molecule has 1 aromatic carbocycles. The van der Waals surface area contributed by atoms with E-state index in [0.29, 0.717) is 18.9 Å². The van der Waals surface area contributed by atoms with E-state index in [1.807, 2.05) is 23.1 Å². The highest BCUT2D eigenvalue weighted by molar-refractivity contribution is 8.13. The Kier molecular flexibility index (Phi) is 5.95. The fourth-order valence-corrected chi connectivity index (χ4v) is 4.40. The Labute approximate surface area is 147 Å². The number of ether oxygens (including phenoxy) is 1. The summed E-state index contributed by atoms with van der Waals surface area (Å²) in [6.07, 6.45) is 3.86. The first-order valence-electron chi connectivity index (χ1n) is 8.72. The second-order valence-electron chi connectivity index (χ2n) is 6.75. The van der Waals surface area contributed by atoms with Crippen molar-refractivity contribution >= 4 is 22.8 Å². The van der Waals surface area contributed by atoms with E-state index in [-0.39, 0.29) is 23.2 Å². The van der Waals surface area contributed by atoms with Crippen LogP contribution in [0.25, 0.3) is 0 Å². The summed E-state index contributed by atoms with van der Waals surface area (Å²) in [5, 5.41) is 0.130. The molecule has 3 atom stereocenters. The molecule has 0 spiro atoms. The van der Waals surface area contributed by atoms with Crippen molar-refractivity contribution in [1.82, 2.24) is 4.90 Å². The van der Waals surface area contributed by atoms with Crippen LogP contribution in [0.2, 0.25) is 0 Å². The predicted octanol–water partition coefficient (Wildman–Crippen LogP) is 3.25. The summed E-state index contributed by atoms with van der Waals surface area (Å²) < 4.78 is 6.14. The van der Waals surface area contributed by atoms with Crippen molar-refractivity contribution in [3.05, 3.63) is 35.9 Å². The molecule has 1 aromatic rings. The largest absolute Gasteiger partial charge is 0.371 e. The van der Waals surface area contributed by atoms with Crippen LogP contribution in [0.1, 0.15) is 38.2 Å². The van der Waals surface area contributed by atoms with Gasteiger partial charge in [-0.25, -0.2) is 0 Å². The SMILES string of the molecule is CC(=O)SCC1CC(=O)N(C2CCCC2OCc2ccccc2)C1. The van der Waals surface area contributed by atoms with Gasteiger partial charge in [0.2, 0.25) is 5.91 Å². The fourth-order valence-electron chi connectivity index (χ4n) is 3.71. The number of carbonyl (C=O) groups is 2. The van der Waals surface area contributed by atoms with Crippen LogP contribution >= 0.6 is 11.8 Å². The van der Waals surface area contributed by atoms with E-state index in [1.54, 1.807) is 6.92 Å². The van der Waals surface area contributed by atoms with E-state index in [0.717, 1.165) is 31.6 Å². The zero-order valence-electron chi connectivity index (χ0n) is 14.1. The van der Waals surface area contributed by atoms with Gasteiger partial charge >= 0.3 is 0 Å². The summed E-state index contributed by atoms with van der Waals surface area (Å²) in [5.41, 5.74) is 1.17. The first kappa shape index (κ1) is 17.5. The smallest absolute Gasteiger partial charge is 0.223 e. The predicted molar refractivity (Wildman–Crippen MR) is 95.6 cm³/mol. The third kappa shape index (κ3) is 4.39. The van der Waals surface area contributed by atoms with Crippen molar-refractivity contribution in [1.29, 1.82) is 0 Å². The minimum absolute atomic E-state index is 0.130. The van der Waals surface area contributed by atoms with Gasteiger partial charge in [-0.3, -0.25) is 9.59 Å². The Bertz CT molecular complexity index is 577. The molecular weight excluding hydrogens is 322 g/mol. The van der Waals surface area contributed by atoms with Gasteiger partial charge in [-0.15, -0.1) is 0 Å². The molecule has 1 heterocycles. The van der Waals surface area contributed by atoms with Gasteiger partial charge in [0, 0.05) is 25.6 Å². The van der Waals surface area contributed by atoms with E-state index in [1.165, 1.54) is 17.3 Å². The van der Waals surface area contributed by atoms with Crippen molar-refractivity contribution in [2.45, 2.75) is 51.4 Å². The summed E-state index contributed by atoms with van der Waals surface area (Å²) in [6.45, 7) is 2.96. The number of amides is 1. The normalized spacial score (nSPS) is 27.0. The van der Waals surface area contributed by atoms with Crippen molar-refractivity contribution in [3.8, 4) is 0 Å². The van der Waals surface area contributed by atoms with Crippen molar-refractivity contribution < 1.29 is 14.3 Å². The van der Waals surface area contributed by atoms with Crippen LogP contribution in [0.3, 0.4) is 0 Å². The summed E-state index contributed by atoms with van der Waals surface area (Å²) >= 11 is 1.33. The Balaban J connectivity index is 1.55. The number of carbonyl (C=O) groups excluding carboxylic acids is 2. The number of thioether (sulfide) groups is 1. The first-order valence-corrected chi connectivity index (χ1v) is 9.70. The van der Waals surface area contributed by atoms with E-state index in [9.17, 15) is 9.59 Å². The standard InChI is InChI=1S/C19H25NO3S/c1-14(21)24-13-16-10-19(22)20(11-16)17-8-5-9-18(17)23-12-15-6-3-2-4-7-15/h2-4,6-7,16-18H,5,8-13H2,1H3. The Morgan fingerprint density at radius 1 is 1.29 bits per heavy atom. The average Bonchev–Trinajstić information content (AvgIpc) is 3.18. The molecule has 4 nitrogen and oxygen atoms in total. The van der Waals surface area contributed by atoms with Crippen LogP contribution in [-0.2, 0) is 20.9 Å². The molecule has 130 valence electrons. The molecule has 5 heteroatoms. The Hall–Kier alpha value is -1.33. The van der Waals surface area contributed by atoms with Gasteiger partial charge in [-0.1, -0.05) is 42.1 Å². The lowest BCUT2D eigenvalue weighted by Gasteiger charge is -2.30. The molecule has 3 unspecified atom stereocenters. The molecule has 0 N–H and O–H groups in total. The number of nitrogens with zero attached hydrogens (tertiary/aromatic N) is 1. The molecule has 1 aliphatic heterocycles.